The number of pyridine rings is 1. The number of halogens is 4. The first kappa shape index (κ1) is 18.7. The van der Waals surface area contributed by atoms with E-state index in [9.17, 15) is 18.0 Å². The van der Waals surface area contributed by atoms with E-state index in [-0.39, 0.29) is 10.6 Å². The molecule has 3 nitrogen and oxygen atoms in total. The number of fused-ring (bicyclic) bond motifs is 1. The van der Waals surface area contributed by atoms with Crippen LogP contribution >= 0.6 is 11.6 Å². The predicted octanol–water partition coefficient (Wildman–Crippen LogP) is 5.65. The van der Waals surface area contributed by atoms with Crippen molar-refractivity contribution in [2.45, 2.75) is 31.9 Å². The average molecular weight is 405 g/mol. The number of rotatable bonds is 3. The Morgan fingerprint density at radius 1 is 1.07 bits per heavy atom. The molecule has 2 aromatic heterocycles. The van der Waals surface area contributed by atoms with Crippen LogP contribution in [0.4, 0.5) is 13.2 Å². The van der Waals surface area contributed by atoms with Gasteiger partial charge in [-0.2, -0.15) is 13.2 Å². The molecule has 0 N–H and O–H groups in total. The quantitative estimate of drug-likeness (QED) is 0.528. The van der Waals surface area contributed by atoms with Gasteiger partial charge < -0.3 is 4.57 Å². The average Bonchev–Trinajstić information content (AvgIpc) is 3.07. The molecule has 0 atom stereocenters. The topological polar surface area (TPSA) is 34.9 Å². The number of hydrogen-bond donors (Lipinski definition) is 0. The summed E-state index contributed by atoms with van der Waals surface area (Å²) in [6.07, 6.45) is 1.11. The van der Waals surface area contributed by atoms with Crippen molar-refractivity contribution < 1.29 is 18.0 Å². The van der Waals surface area contributed by atoms with Gasteiger partial charge in [-0.25, -0.2) is 0 Å². The number of para-hydroxylation sites is 1. The Morgan fingerprint density at radius 2 is 1.79 bits per heavy atom. The maximum absolute atomic E-state index is 13.4. The van der Waals surface area contributed by atoms with Crippen molar-refractivity contribution in [1.82, 2.24) is 9.55 Å². The summed E-state index contributed by atoms with van der Waals surface area (Å²) in [6.45, 7) is 0. The number of ketones is 1. The second kappa shape index (κ2) is 7.09. The van der Waals surface area contributed by atoms with Gasteiger partial charge in [0, 0.05) is 29.3 Å². The van der Waals surface area contributed by atoms with Crippen molar-refractivity contribution in [2.75, 3.05) is 0 Å². The van der Waals surface area contributed by atoms with Gasteiger partial charge in [-0.05, 0) is 49.4 Å². The highest BCUT2D eigenvalue weighted by atomic mass is 35.5. The molecule has 2 heterocycles. The molecular weight excluding hydrogens is 389 g/mol. The fourth-order valence-corrected chi connectivity index (χ4v) is 3.98. The van der Waals surface area contributed by atoms with E-state index in [4.69, 9.17) is 11.6 Å². The Bertz CT molecular complexity index is 1040. The lowest BCUT2D eigenvalue weighted by Gasteiger charge is -2.16. The van der Waals surface area contributed by atoms with Crippen molar-refractivity contribution in [1.29, 1.82) is 0 Å². The van der Waals surface area contributed by atoms with Gasteiger partial charge in [0.2, 0.25) is 0 Å². The van der Waals surface area contributed by atoms with E-state index in [2.05, 4.69) is 4.98 Å². The first-order chi connectivity index (χ1) is 13.4. The Hall–Kier alpha value is -2.60. The van der Waals surface area contributed by atoms with Crippen LogP contribution in [0.5, 0.6) is 0 Å². The Morgan fingerprint density at radius 3 is 2.50 bits per heavy atom. The standard InChI is InChI=1S/C21H16ClF3N2O/c22-16-10-11-26-20(21(23,24)25)18(16)19(28)15-12-27(13-6-2-1-3-7-13)17-9-5-4-8-14(15)17/h1-3,6-7,10-12H,4-5,8-9H2. The van der Waals surface area contributed by atoms with Gasteiger partial charge in [0.15, 0.2) is 11.5 Å². The van der Waals surface area contributed by atoms with Gasteiger partial charge >= 0.3 is 6.18 Å². The Balaban J connectivity index is 1.90. The molecule has 0 aliphatic heterocycles. The minimum absolute atomic E-state index is 0.246. The molecule has 0 fully saturated rings. The van der Waals surface area contributed by atoms with Crippen LogP contribution in [-0.4, -0.2) is 15.3 Å². The van der Waals surface area contributed by atoms with Crippen LogP contribution in [0.2, 0.25) is 5.02 Å². The third-order valence-corrected chi connectivity index (χ3v) is 5.30. The number of carbonyl (C=O) groups is 1. The molecule has 1 aromatic carbocycles. The third kappa shape index (κ3) is 3.22. The smallest absolute Gasteiger partial charge is 0.320 e. The zero-order chi connectivity index (χ0) is 19.9. The molecule has 0 spiro atoms. The van der Waals surface area contributed by atoms with E-state index in [1.807, 2.05) is 34.9 Å². The third-order valence-electron chi connectivity index (χ3n) is 4.99. The number of carbonyl (C=O) groups excluding carboxylic acids is 1. The van der Waals surface area contributed by atoms with E-state index < -0.39 is 23.2 Å². The molecule has 1 aliphatic rings. The summed E-state index contributed by atoms with van der Waals surface area (Å²) in [4.78, 5) is 16.6. The van der Waals surface area contributed by atoms with Crippen LogP contribution < -0.4 is 0 Å². The summed E-state index contributed by atoms with van der Waals surface area (Å²) in [5, 5.41) is -0.246. The SMILES string of the molecule is O=C(c1cn(-c2ccccc2)c2c1CCCC2)c1c(Cl)ccnc1C(F)(F)F. The number of aromatic nitrogens is 2. The van der Waals surface area contributed by atoms with E-state index >= 15 is 0 Å². The van der Waals surface area contributed by atoms with Crippen molar-refractivity contribution in [2.24, 2.45) is 0 Å². The molecule has 0 bridgehead atoms. The molecule has 7 heteroatoms. The molecule has 0 unspecified atom stereocenters. The van der Waals surface area contributed by atoms with Crippen LogP contribution in [0, 0.1) is 0 Å². The van der Waals surface area contributed by atoms with Crippen LogP contribution in [0.3, 0.4) is 0 Å². The first-order valence-corrected chi connectivity index (χ1v) is 9.30. The summed E-state index contributed by atoms with van der Waals surface area (Å²) in [5.74, 6) is -0.738. The summed E-state index contributed by atoms with van der Waals surface area (Å²) < 4.78 is 42.2. The number of benzene rings is 1. The lowest BCUT2D eigenvalue weighted by molar-refractivity contribution is -0.141. The lowest BCUT2D eigenvalue weighted by atomic mass is 9.91. The molecule has 0 saturated heterocycles. The maximum Gasteiger partial charge on any atom is 0.434 e. The fraction of sp³-hybridized carbons (Fsp3) is 0.238. The highest BCUT2D eigenvalue weighted by Crippen LogP contribution is 2.37. The fourth-order valence-electron chi connectivity index (χ4n) is 3.75. The molecule has 0 saturated carbocycles. The normalized spacial score (nSPS) is 14.0. The van der Waals surface area contributed by atoms with Crippen LogP contribution in [0.25, 0.3) is 5.69 Å². The largest absolute Gasteiger partial charge is 0.434 e. The first-order valence-electron chi connectivity index (χ1n) is 8.93. The van der Waals surface area contributed by atoms with Crippen molar-refractivity contribution in [3.05, 3.63) is 81.9 Å². The van der Waals surface area contributed by atoms with Gasteiger partial charge in [0.1, 0.15) is 0 Å². The summed E-state index contributed by atoms with van der Waals surface area (Å²) in [7, 11) is 0. The number of alkyl halides is 3. The molecule has 4 rings (SSSR count). The molecule has 28 heavy (non-hydrogen) atoms. The number of nitrogens with zero attached hydrogens (tertiary/aromatic N) is 2. The van der Waals surface area contributed by atoms with Crippen molar-refractivity contribution in [3.8, 4) is 5.69 Å². The van der Waals surface area contributed by atoms with Crippen molar-refractivity contribution in [3.63, 3.8) is 0 Å². The second-order valence-corrected chi connectivity index (χ2v) is 7.13. The van der Waals surface area contributed by atoms with Gasteiger partial charge in [-0.1, -0.05) is 29.8 Å². The second-order valence-electron chi connectivity index (χ2n) is 6.72. The summed E-state index contributed by atoms with van der Waals surface area (Å²) in [6, 6.07) is 10.7. The maximum atomic E-state index is 13.4. The zero-order valence-corrected chi connectivity index (χ0v) is 15.5. The highest BCUT2D eigenvalue weighted by molar-refractivity contribution is 6.35. The zero-order valence-electron chi connectivity index (χ0n) is 14.8. The molecule has 1 aliphatic carbocycles. The number of hydrogen-bond acceptors (Lipinski definition) is 2. The minimum Gasteiger partial charge on any atom is -0.320 e. The van der Waals surface area contributed by atoms with Crippen LogP contribution in [-0.2, 0) is 19.0 Å². The Labute approximate surface area is 164 Å². The molecule has 0 radical (unpaired) electrons. The van der Waals surface area contributed by atoms with Crippen LogP contribution in [0.1, 0.15) is 45.7 Å². The predicted molar refractivity (Wildman–Crippen MR) is 100 cm³/mol. The van der Waals surface area contributed by atoms with E-state index in [1.54, 1.807) is 6.20 Å². The van der Waals surface area contributed by atoms with Gasteiger partial charge in [-0.15, -0.1) is 0 Å². The van der Waals surface area contributed by atoms with Gasteiger partial charge in [0.05, 0.1) is 10.6 Å². The van der Waals surface area contributed by atoms with Crippen LogP contribution in [0.15, 0.2) is 48.8 Å². The van der Waals surface area contributed by atoms with E-state index in [0.29, 0.717) is 6.42 Å². The van der Waals surface area contributed by atoms with Gasteiger partial charge in [0.25, 0.3) is 0 Å². The Kier molecular flexibility index (Phi) is 4.75. The van der Waals surface area contributed by atoms with Crippen molar-refractivity contribution >= 4 is 17.4 Å². The van der Waals surface area contributed by atoms with E-state index in [1.165, 1.54) is 6.07 Å². The molecule has 0 amide bonds. The summed E-state index contributed by atoms with van der Waals surface area (Å²) in [5.41, 5.74) is 1.06. The van der Waals surface area contributed by atoms with Gasteiger partial charge in [-0.3, -0.25) is 9.78 Å². The molecule has 3 aromatic rings. The van der Waals surface area contributed by atoms with E-state index in [0.717, 1.165) is 42.4 Å². The minimum atomic E-state index is -4.77. The molecule has 144 valence electrons. The summed E-state index contributed by atoms with van der Waals surface area (Å²) >= 11 is 6.02. The molecular formula is C21H16ClF3N2O. The monoisotopic (exact) mass is 404 g/mol. The highest BCUT2D eigenvalue weighted by Gasteiger charge is 2.39. The lowest BCUT2D eigenvalue weighted by Crippen LogP contribution is -2.17.